The van der Waals surface area contributed by atoms with Crippen molar-refractivity contribution >= 4 is 21.8 Å². The second kappa shape index (κ2) is 6.61. The molecular weight excluding hydrogens is 300 g/mol. The molecule has 2 aliphatic heterocycles. The molecule has 21 heavy (non-hydrogen) atoms. The number of hydrogen-bond acceptors (Lipinski definition) is 5. The van der Waals surface area contributed by atoms with Gasteiger partial charge in [-0.3, -0.25) is 4.79 Å². The molecule has 0 aliphatic carbocycles. The Balaban J connectivity index is 2.01. The molecule has 8 nitrogen and oxygen atoms in total. The van der Waals surface area contributed by atoms with Crippen LogP contribution in [0.5, 0.6) is 0 Å². The summed E-state index contributed by atoms with van der Waals surface area (Å²) in [5.74, 6) is -1.34. The number of nitrogens with zero attached hydrogens (tertiary/aromatic N) is 1. The summed E-state index contributed by atoms with van der Waals surface area (Å²) in [5.41, 5.74) is 0. The molecule has 9 heteroatoms. The molecule has 2 heterocycles. The van der Waals surface area contributed by atoms with E-state index in [1.54, 1.807) is 0 Å². The smallest absolute Gasteiger partial charge is 0.323 e. The second-order valence-electron chi connectivity index (χ2n) is 5.44. The van der Waals surface area contributed by atoms with Gasteiger partial charge in [0.1, 0.15) is 6.54 Å². The average molecular weight is 320 g/mol. The Kier molecular flexibility index (Phi) is 5.04. The van der Waals surface area contributed by atoms with Gasteiger partial charge < -0.3 is 20.1 Å². The molecule has 2 amide bonds. The molecule has 2 saturated heterocycles. The first kappa shape index (κ1) is 16.0. The fourth-order valence-corrected chi connectivity index (χ4v) is 4.38. The first-order chi connectivity index (χ1) is 9.87. The lowest BCUT2D eigenvalue weighted by molar-refractivity contribution is -0.138. The summed E-state index contributed by atoms with van der Waals surface area (Å²) in [4.78, 5) is 24.3. The molecule has 0 saturated carbocycles. The number of carboxylic acid groups (broad SMARTS) is 1. The third-order valence-electron chi connectivity index (χ3n) is 3.70. The molecule has 0 aromatic heterocycles. The highest BCUT2D eigenvalue weighted by Gasteiger charge is 2.36. The Bertz CT molecular complexity index is 500. The van der Waals surface area contributed by atoms with Crippen LogP contribution in [0.15, 0.2) is 0 Å². The molecular formula is C12H20N2O6S. The Labute approximate surface area is 123 Å². The molecule has 2 rings (SSSR count). The van der Waals surface area contributed by atoms with E-state index in [0.717, 1.165) is 17.7 Å². The first-order valence-electron chi connectivity index (χ1n) is 6.94. The lowest BCUT2D eigenvalue weighted by Gasteiger charge is -2.30. The highest BCUT2D eigenvalue weighted by Crippen LogP contribution is 2.18. The van der Waals surface area contributed by atoms with Gasteiger partial charge in [-0.2, -0.15) is 0 Å². The molecule has 0 aromatic carbocycles. The van der Waals surface area contributed by atoms with Crippen LogP contribution >= 0.6 is 0 Å². The number of carboxylic acids is 1. The predicted molar refractivity (Wildman–Crippen MR) is 73.8 cm³/mol. The lowest BCUT2D eigenvalue weighted by Crippen LogP contribution is -2.53. The molecule has 0 bridgehead atoms. The number of carbonyl (C=O) groups excluding carboxylic acids is 1. The van der Waals surface area contributed by atoms with E-state index in [2.05, 4.69) is 5.32 Å². The van der Waals surface area contributed by atoms with Gasteiger partial charge in [0.15, 0.2) is 9.84 Å². The molecule has 0 spiro atoms. The number of hydrogen-bond donors (Lipinski definition) is 2. The first-order valence-corrected chi connectivity index (χ1v) is 8.76. The van der Waals surface area contributed by atoms with Crippen molar-refractivity contribution in [2.75, 3.05) is 31.3 Å². The van der Waals surface area contributed by atoms with Gasteiger partial charge in [-0.05, 0) is 19.3 Å². The van der Waals surface area contributed by atoms with Crippen molar-refractivity contribution in [3.05, 3.63) is 0 Å². The van der Waals surface area contributed by atoms with Gasteiger partial charge >= 0.3 is 12.0 Å². The van der Waals surface area contributed by atoms with Gasteiger partial charge in [0.05, 0.1) is 24.2 Å². The summed E-state index contributed by atoms with van der Waals surface area (Å²) in [7, 11) is -3.18. The number of urea groups is 1. The minimum atomic E-state index is -3.18. The minimum Gasteiger partial charge on any atom is -0.480 e. The number of nitrogens with one attached hydrogen (secondary N) is 1. The van der Waals surface area contributed by atoms with Crippen LogP contribution in [-0.4, -0.2) is 73.8 Å². The van der Waals surface area contributed by atoms with Crippen LogP contribution in [0, 0.1) is 0 Å². The lowest BCUT2D eigenvalue weighted by atomic mass is 10.1. The van der Waals surface area contributed by atoms with Gasteiger partial charge in [-0.25, -0.2) is 13.2 Å². The van der Waals surface area contributed by atoms with Gasteiger partial charge in [-0.1, -0.05) is 0 Å². The van der Waals surface area contributed by atoms with Crippen LogP contribution in [0.3, 0.4) is 0 Å². The standard InChI is InChI=1S/C12H20N2O6S/c15-11(16)6-14(10-3-5-21(18,19)8-10)12(17)13-9-2-1-4-20-7-9/h9-10H,1-8H2,(H,13,17)(H,15,16). The third-order valence-corrected chi connectivity index (χ3v) is 5.45. The monoisotopic (exact) mass is 320 g/mol. The number of sulfone groups is 1. The van der Waals surface area contributed by atoms with E-state index in [1.807, 2.05) is 0 Å². The second-order valence-corrected chi connectivity index (χ2v) is 7.67. The summed E-state index contributed by atoms with van der Waals surface area (Å²) in [6.07, 6.45) is 1.89. The maximum atomic E-state index is 12.2. The van der Waals surface area contributed by atoms with E-state index >= 15 is 0 Å². The van der Waals surface area contributed by atoms with E-state index in [9.17, 15) is 18.0 Å². The highest BCUT2D eigenvalue weighted by molar-refractivity contribution is 7.91. The number of amides is 2. The molecule has 2 atom stereocenters. The molecule has 2 N–H and O–H groups in total. The Morgan fingerprint density at radius 2 is 2.10 bits per heavy atom. The fourth-order valence-electron chi connectivity index (χ4n) is 2.65. The molecule has 0 radical (unpaired) electrons. The minimum absolute atomic E-state index is 0.00634. The Hall–Kier alpha value is -1.35. The van der Waals surface area contributed by atoms with Crippen LogP contribution < -0.4 is 5.32 Å². The zero-order valence-corrected chi connectivity index (χ0v) is 12.5. The van der Waals surface area contributed by atoms with Crippen molar-refractivity contribution < 1.29 is 27.9 Å². The summed E-state index contributed by atoms with van der Waals surface area (Å²) in [5, 5.41) is 11.7. The van der Waals surface area contributed by atoms with Crippen LogP contribution in [0.2, 0.25) is 0 Å². The normalized spacial score (nSPS) is 28.0. The zero-order valence-electron chi connectivity index (χ0n) is 11.7. The van der Waals surface area contributed by atoms with Crippen molar-refractivity contribution in [1.29, 1.82) is 0 Å². The van der Waals surface area contributed by atoms with Gasteiger partial charge in [0, 0.05) is 12.6 Å². The van der Waals surface area contributed by atoms with Crippen molar-refractivity contribution in [2.45, 2.75) is 31.3 Å². The maximum absolute atomic E-state index is 12.2. The quantitative estimate of drug-likeness (QED) is 0.718. The summed E-state index contributed by atoms with van der Waals surface area (Å²) >= 11 is 0. The number of carbonyl (C=O) groups is 2. The van der Waals surface area contributed by atoms with E-state index in [0.29, 0.717) is 13.2 Å². The zero-order chi connectivity index (χ0) is 15.5. The van der Waals surface area contributed by atoms with E-state index in [1.165, 1.54) is 0 Å². The molecule has 120 valence electrons. The van der Waals surface area contributed by atoms with Crippen LogP contribution in [0.4, 0.5) is 4.79 Å². The predicted octanol–water partition coefficient (Wildman–Crippen LogP) is -0.551. The van der Waals surface area contributed by atoms with Crippen molar-refractivity contribution in [3.63, 3.8) is 0 Å². The molecule has 2 aliphatic rings. The van der Waals surface area contributed by atoms with Crippen LogP contribution in [-0.2, 0) is 19.4 Å². The Morgan fingerprint density at radius 3 is 2.62 bits per heavy atom. The number of ether oxygens (including phenoxy) is 1. The summed E-state index contributed by atoms with van der Waals surface area (Å²) in [6, 6.07) is -1.26. The van der Waals surface area contributed by atoms with Crippen LogP contribution in [0.1, 0.15) is 19.3 Å². The van der Waals surface area contributed by atoms with Crippen molar-refractivity contribution in [1.82, 2.24) is 10.2 Å². The van der Waals surface area contributed by atoms with E-state index in [-0.39, 0.29) is 24.0 Å². The Morgan fingerprint density at radius 1 is 1.33 bits per heavy atom. The molecule has 2 unspecified atom stereocenters. The fraction of sp³-hybridized carbons (Fsp3) is 0.833. The SMILES string of the molecule is O=C(O)CN(C(=O)NC1CCCOC1)C1CCS(=O)(=O)C1. The van der Waals surface area contributed by atoms with Crippen LogP contribution in [0.25, 0.3) is 0 Å². The van der Waals surface area contributed by atoms with Gasteiger partial charge in [0.25, 0.3) is 0 Å². The third kappa shape index (κ3) is 4.57. The highest BCUT2D eigenvalue weighted by atomic mass is 32.2. The van der Waals surface area contributed by atoms with E-state index < -0.39 is 34.4 Å². The largest absolute Gasteiger partial charge is 0.480 e. The summed E-state index contributed by atoms with van der Waals surface area (Å²) < 4.78 is 28.3. The van der Waals surface area contributed by atoms with Gasteiger partial charge in [-0.15, -0.1) is 0 Å². The van der Waals surface area contributed by atoms with Crippen molar-refractivity contribution in [3.8, 4) is 0 Å². The molecule has 2 fully saturated rings. The number of aliphatic carboxylic acids is 1. The average Bonchev–Trinajstić information content (AvgIpc) is 2.77. The van der Waals surface area contributed by atoms with Crippen molar-refractivity contribution in [2.24, 2.45) is 0 Å². The van der Waals surface area contributed by atoms with Gasteiger partial charge in [0.2, 0.25) is 0 Å². The maximum Gasteiger partial charge on any atom is 0.323 e. The number of rotatable bonds is 4. The summed E-state index contributed by atoms with van der Waals surface area (Å²) in [6.45, 7) is 0.557. The topological polar surface area (TPSA) is 113 Å². The van der Waals surface area contributed by atoms with E-state index in [4.69, 9.17) is 9.84 Å². The molecule has 0 aromatic rings.